The second-order valence-corrected chi connectivity index (χ2v) is 6.43. The number of hydrogen-bond donors (Lipinski definition) is 0. The second kappa shape index (κ2) is 7.25. The topological polar surface area (TPSA) is 77.4 Å². The third-order valence-corrected chi connectivity index (χ3v) is 4.80. The highest BCUT2D eigenvalue weighted by atomic mass is 32.2. The van der Waals surface area contributed by atoms with E-state index in [1.165, 1.54) is 25.8 Å². The minimum atomic E-state index is -0.526. The van der Waals surface area contributed by atoms with Crippen LogP contribution in [0.2, 0.25) is 0 Å². The van der Waals surface area contributed by atoms with E-state index in [2.05, 4.69) is 4.99 Å². The van der Waals surface area contributed by atoms with Gasteiger partial charge < -0.3 is 14.2 Å². The van der Waals surface area contributed by atoms with Crippen LogP contribution in [-0.2, 0) is 19.1 Å². The van der Waals surface area contributed by atoms with Crippen molar-refractivity contribution in [3.8, 4) is 5.75 Å². The Bertz CT molecular complexity index is 842. The maximum absolute atomic E-state index is 12.5. The van der Waals surface area contributed by atoms with Crippen molar-refractivity contribution < 1.29 is 23.8 Å². The Morgan fingerprint density at radius 1 is 1.19 bits per heavy atom. The summed E-state index contributed by atoms with van der Waals surface area (Å²) in [5, 5.41) is 2.33. The zero-order valence-corrected chi connectivity index (χ0v) is 15.6. The summed E-state index contributed by atoms with van der Waals surface area (Å²) in [6, 6.07) is 6.81. The van der Waals surface area contributed by atoms with Gasteiger partial charge in [-0.3, -0.25) is 9.69 Å². The number of amidine groups is 1. The first-order valence-corrected chi connectivity index (χ1v) is 8.70. The van der Waals surface area contributed by atoms with Crippen LogP contribution in [0.5, 0.6) is 5.75 Å². The molecule has 1 atom stereocenters. The van der Waals surface area contributed by atoms with Crippen LogP contribution in [0.15, 0.2) is 51.8 Å². The van der Waals surface area contributed by atoms with E-state index < -0.39 is 18.0 Å². The lowest BCUT2D eigenvalue weighted by Gasteiger charge is -2.35. The summed E-state index contributed by atoms with van der Waals surface area (Å²) in [5.41, 5.74) is 1.77. The molecule has 8 heteroatoms. The zero-order chi connectivity index (χ0) is 18.8. The number of benzene rings is 1. The molecular formula is C18H18N2O5S. The van der Waals surface area contributed by atoms with Gasteiger partial charge in [0.05, 0.1) is 31.5 Å². The van der Waals surface area contributed by atoms with Crippen molar-refractivity contribution in [1.82, 2.24) is 4.90 Å². The van der Waals surface area contributed by atoms with Crippen molar-refractivity contribution in [2.24, 2.45) is 4.99 Å². The molecule has 26 heavy (non-hydrogen) atoms. The van der Waals surface area contributed by atoms with E-state index >= 15 is 0 Å². The molecule has 0 N–H and O–H groups in total. The molecular weight excluding hydrogens is 356 g/mol. The maximum atomic E-state index is 12.5. The molecule has 1 aromatic rings. The Kier molecular flexibility index (Phi) is 5.03. The Balaban J connectivity index is 2.11. The normalized spacial score (nSPS) is 18.8. The number of nitrogens with zero attached hydrogens (tertiary/aromatic N) is 2. The molecule has 0 saturated carbocycles. The third-order valence-electron chi connectivity index (χ3n) is 3.98. The number of hydrogen-bond acceptors (Lipinski definition) is 8. The predicted molar refractivity (Wildman–Crippen MR) is 97.2 cm³/mol. The fourth-order valence-electron chi connectivity index (χ4n) is 2.85. The molecule has 0 saturated heterocycles. The lowest BCUT2D eigenvalue weighted by Crippen LogP contribution is -2.37. The van der Waals surface area contributed by atoms with E-state index in [0.717, 1.165) is 5.56 Å². The number of rotatable bonds is 4. The molecule has 1 aromatic carbocycles. The van der Waals surface area contributed by atoms with Crippen LogP contribution in [0, 0.1) is 0 Å². The molecule has 0 unspecified atom stereocenters. The summed E-state index contributed by atoms with van der Waals surface area (Å²) >= 11 is 1.33. The van der Waals surface area contributed by atoms with Crippen molar-refractivity contribution in [2.45, 2.75) is 19.9 Å². The fourth-order valence-corrected chi connectivity index (χ4v) is 3.72. The molecule has 7 nitrogen and oxygen atoms in total. The van der Waals surface area contributed by atoms with Gasteiger partial charge in [-0.15, -0.1) is 0 Å². The molecule has 0 fully saturated rings. The average molecular weight is 374 g/mol. The van der Waals surface area contributed by atoms with Gasteiger partial charge in [0.1, 0.15) is 5.75 Å². The first-order chi connectivity index (χ1) is 12.5. The summed E-state index contributed by atoms with van der Waals surface area (Å²) in [4.78, 5) is 30.2. The van der Waals surface area contributed by atoms with Crippen molar-refractivity contribution >= 4 is 28.9 Å². The van der Waals surface area contributed by atoms with Crippen molar-refractivity contribution in [2.75, 3.05) is 14.2 Å². The van der Waals surface area contributed by atoms with Crippen LogP contribution >= 0.6 is 11.8 Å². The highest BCUT2D eigenvalue weighted by Gasteiger charge is 2.41. The molecule has 2 aliphatic heterocycles. The Labute approximate surface area is 155 Å². The number of fused-ring (bicyclic) bond motifs is 1. The molecule has 0 spiro atoms. The highest BCUT2D eigenvalue weighted by molar-refractivity contribution is 8.16. The largest absolute Gasteiger partial charge is 0.497 e. The summed E-state index contributed by atoms with van der Waals surface area (Å²) < 4.78 is 15.5. The van der Waals surface area contributed by atoms with Gasteiger partial charge in [0.2, 0.25) is 5.88 Å². The van der Waals surface area contributed by atoms with Crippen LogP contribution < -0.4 is 4.74 Å². The van der Waals surface area contributed by atoms with E-state index in [1.54, 1.807) is 24.3 Å². The van der Waals surface area contributed by atoms with Gasteiger partial charge in [-0.05, 0) is 24.6 Å². The summed E-state index contributed by atoms with van der Waals surface area (Å²) in [7, 11) is 2.91. The van der Waals surface area contributed by atoms with Gasteiger partial charge in [-0.2, -0.15) is 0 Å². The van der Waals surface area contributed by atoms with E-state index in [4.69, 9.17) is 14.2 Å². The van der Waals surface area contributed by atoms with Gasteiger partial charge in [-0.25, -0.2) is 9.79 Å². The fraction of sp³-hybridized carbons (Fsp3) is 0.278. The van der Waals surface area contributed by atoms with Crippen molar-refractivity contribution in [3.63, 3.8) is 0 Å². The minimum absolute atomic E-state index is 0.330. The Hall–Kier alpha value is -2.74. The lowest BCUT2D eigenvalue weighted by molar-refractivity contribution is -0.138. The quantitative estimate of drug-likeness (QED) is 0.750. The molecule has 0 radical (unpaired) electrons. The van der Waals surface area contributed by atoms with Gasteiger partial charge in [0, 0.05) is 12.3 Å². The number of allylic oxidation sites excluding steroid dienone is 1. The van der Waals surface area contributed by atoms with E-state index in [9.17, 15) is 9.59 Å². The number of esters is 2. The maximum Gasteiger partial charge on any atom is 0.338 e. The molecule has 3 rings (SSSR count). The van der Waals surface area contributed by atoms with Crippen LogP contribution in [0.3, 0.4) is 0 Å². The first kappa shape index (κ1) is 18.1. The van der Waals surface area contributed by atoms with Gasteiger partial charge in [-0.1, -0.05) is 23.9 Å². The lowest BCUT2D eigenvalue weighted by atomic mass is 9.94. The van der Waals surface area contributed by atoms with Crippen molar-refractivity contribution in [1.29, 1.82) is 0 Å². The van der Waals surface area contributed by atoms with Crippen molar-refractivity contribution in [3.05, 3.63) is 52.4 Å². The average Bonchev–Trinajstić information content (AvgIpc) is 3.01. The highest BCUT2D eigenvalue weighted by Crippen LogP contribution is 2.44. The summed E-state index contributed by atoms with van der Waals surface area (Å²) in [6.45, 7) is 3.09. The number of carbonyl (C=O) groups is 2. The molecule has 0 amide bonds. The second-order valence-electron chi connectivity index (χ2n) is 5.60. The smallest absolute Gasteiger partial charge is 0.338 e. The monoisotopic (exact) mass is 374 g/mol. The number of ether oxygens (including phenoxy) is 3. The van der Waals surface area contributed by atoms with E-state index in [-0.39, 0.29) is 0 Å². The van der Waals surface area contributed by atoms with Gasteiger partial charge in [0.15, 0.2) is 5.17 Å². The van der Waals surface area contributed by atoms with Gasteiger partial charge in [0.25, 0.3) is 0 Å². The molecule has 136 valence electrons. The Morgan fingerprint density at radius 3 is 2.46 bits per heavy atom. The number of aliphatic imine (C=N–C) groups is 1. The summed E-state index contributed by atoms with van der Waals surface area (Å²) in [6.07, 6.45) is 0. The number of carbonyl (C=O) groups excluding carboxylic acids is 2. The van der Waals surface area contributed by atoms with Gasteiger partial charge >= 0.3 is 11.9 Å². The molecule has 0 aliphatic carbocycles. The zero-order valence-electron chi connectivity index (χ0n) is 14.8. The number of methoxy groups -OCH3 is 2. The molecule has 0 bridgehead atoms. The third kappa shape index (κ3) is 3.20. The van der Waals surface area contributed by atoms with E-state index in [1.807, 2.05) is 24.3 Å². The predicted octanol–water partition coefficient (Wildman–Crippen LogP) is 2.96. The van der Waals surface area contributed by atoms with E-state index in [0.29, 0.717) is 28.1 Å². The van der Waals surface area contributed by atoms with Crippen LogP contribution in [0.25, 0.3) is 0 Å². The first-order valence-electron chi connectivity index (χ1n) is 7.82. The summed E-state index contributed by atoms with van der Waals surface area (Å²) in [5.74, 6) is 0.101. The standard InChI is InChI=1S/C18H18N2O5S/c1-10-15(17(22)24-4)16(12-5-7-13(23-3)8-6-12)20-14(25-11(2)21)9-26-18(20)19-10/h5-9,16H,1-4H3/t16-/m1/s1. The number of thioether (sulfide) groups is 1. The van der Waals surface area contributed by atoms with Crippen LogP contribution in [-0.4, -0.2) is 36.2 Å². The molecule has 2 aliphatic rings. The molecule has 2 heterocycles. The SMILES string of the molecule is COC(=O)C1=C(C)N=C2SC=C(OC(C)=O)N2[C@@H]1c1ccc(OC)cc1. The minimum Gasteiger partial charge on any atom is -0.497 e. The van der Waals surface area contributed by atoms with Crippen LogP contribution in [0.4, 0.5) is 0 Å². The molecule has 0 aromatic heterocycles. The Morgan fingerprint density at radius 2 is 1.88 bits per heavy atom. The van der Waals surface area contributed by atoms with Crippen LogP contribution in [0.1, 0.15) is 25.5 Å².